The Morgan fingerprint density at radius 3 is 2.31 bits per heavy atom. The molecule has 0 aliphatic heterocycles. The summed E-state index contributed by atoms with van der Waals surface area (Å²) in [6.07, 6.45) is 5.92. The highest BCUT2D eigenvalue weighted by Gasteiger charge is 2.30. The van der Waals surface area contributed by atoms with Gasteiger partial charge in [0.2, 0.25) is 11.8 Å². The fourth-order valence-corrected chi connectivity index (χ4v) is 4.50. The maximum atomic E-state index is 13.3. The molecule has 1 atom stereocenters. The summed E-state index contributed by atoms with van der Waals surface area (Å²) >= 11 is 12.2. The molecule has 0 saturated heterocycles. The van der Waals surface area contributed by atoms with Gasteiger partial charge in [0.1, 0.15) is 11.9 Å². The van der Waals surface area contributed by atoms with Crippen molar-refractivity contribution < 1.29 is 14.0 Å². The number of halogens is 3. The number of carbonyl (C=O) groups excluding carboxylic acids is 2. The van der Waals surface area contributed by atoms with Crippen LogP contribution in [0.2, 0.25) is 10.0 Å². The van der Waals surface area contributed by atoms with E-state index < -0.39 is 6.04 Å². The number of amides is 2. The van der Waals surface area contributed by atoms with Crippen LogP contribution in [0.1, 0.15) is 56.6 Å². The first-order valence-electron chi connectivity index (χ1n) is 11.2. The summed E-state index contributed by atoms with van der Waals surface area (Å²) in [6.45, 7) is 2.13. The average molecular weight is 479 g/mol. The van der Waals surface area contributed by atoms with Gasteiger partial charge in [0, 0.05) is 12.6 Å². The molecule has 1 aliphatic rings. The van der Waals surface area contributed by atoms with Gasteiger partial charge >= 0.3 is 0 Å². The van der Waals surface area contributed by atoms with Gasteiger partial charge in [-0.25, -0.2) is 4.39 Å². The van der Waals surface area contributed by atoms with Crippen LogP contribution < -0.4 is 5.32 Å². The van der Waals surface area contributed by atoms with Gasteiger partial charge in [-0.1, -0.05) is 67.6 Å². The maximum Gasteiger partial charge on any atom is 0.243 e. The van der Waals surface area contributed by atoms with Crippen molar-refractivity contribution in [2.24, 2.45) is 0 Å². The monoisotopic (exact) mass is 478 g/mol. The first-order valence-corrected chi connectivity index (χ1v) is 11.9. The molecular formula is C25H29Cl2FN2O2. The fraction of sp³-hybridized carbons (Fsp3) is 0.440. The zero-order chi connectivity index (χ0) is 23.1. The molecule has 2 aromatic carbocycles. The molecule has 0 spiro atoms. The fourth-order valence-electron chi connectivity index (χ4n) is 4.18. The van der Waals surface area contributed by atoms with Crippen molar-refractivity contribution in [3.8, 4) is 0 Å². The quantitative estimate of drug-likeness (QED) is 0.510. The molecule has 1 aliphatic carbocycles. The Labute approximate surface area is 199 Å². The number of benzene rings is 2. The largest absolute Gasteiger partial charge is 0.352 e. The molecule has 1 fully saturated rings. The lowest BCUT2D eigenvalue weighted by Crippen LogP contribution is -2.51. The molecule has 3 rings (SSSR count). The molecule has 0 heterocycles. The minimum Gasteiger partial charge on any atom is -0.352 e. The molecule has 0 unspecified atom stereocenters. The second kappa shape index (κ2) is 11.7. The average Bonchev–Trinajstić information content (AvgIpc) is 2.78. The molecule has 0 bridgehead atoms. The van der Waals surface area contributed by atoms with Crippen LogP contribution in [0, 0.1) is 5.82 Å². The third-order valence-electron chi connectivity index (χ3n) is 5.94. The van der Waals surface area contributed by atoms with E-state index in [1.54, 1.807) is 35.2 Å². The minimum atomic E-state index is -0.612. The van der Waals surface area contributed by atoms with Gasteiger partial charge in [-0.05, 0) is 54.7 Å². The molecule has 172 valence electrons. The lowest BCUT2D eigenvalue weighted by Gasteiger charge is -2.33. The number of hydrogen-bond acceptors (Lipinski definition) is 2. The maximum absolute atomic E-state index is 13.3. The van der Waals surface area contributed by atoms with Crippen LogP contribution in [0.25, 0.3) is 0 Å². The molecule has 1 N–H and O–H groups in total. The SMILES string of the molecule is CC[C@H](C(=O)NC1CCCCC1)N(Cc1ccc(Cl)c(Cl)c1)C(=O)Cc1ccc(F)cc1. The molecule has 7 heteroatoms. The van der Waals surface area contributed by atoms with Crippen molar-refractivity contribution in [2.75, 3.05) is 0 Å². The third-order valence-corrected chi connectivity index (χ3v) is 6.68. The van der Waals surface area contributed by atoms with Crippen LogP contribution in [0.4, 0.5) is 4.39 Å². The van der Waals surface area contributed by atoms with Crippen LogP contribution in [0.15, 0.2) is 42.5 Å². The highest BCUT2D eigenvalue weighted by atomic mass is 35.5. The van der Waals surface area contributed by atoms with E-state index in [1.807, 2.05) is 6.92 Å². The number of nitrogens with zero attached hydrogens (tertiary/aromatic N) is 1. The summed E-state index contributed by atoms with van der Waals surface area (Å²) in [7, 11) is 0. The van der Waals surface area contributed by atoms with Gasteiger partial charge in [0.25, 0.3) is 0 Å². The first-order chi connectivity index (χ1) is 15.4. The first kappa shape index (κ1) is 24.5. The number of hydrogen-bond donors (Lipinski definition) is 1. The van der Waals surface area contributed by atoms with E-state index in [-0.39, 0.29) is 36.6 Å². The number of rotatable bonds is 8. The predicted octanol–water partition coefficient (Wildman–Crippen LogP) is 5.93. The van der Waals surface area contributed by atoms with Crippen LogP contribution >= 0.6 is 23.2 Å². The summed E-state index contributed by atoms with van der Waals surface area (Å²) in [4.78, 5) is 28.1. The van der Waals surface area contributed by atoms with Gasteiger partial charge in [-0.15, -0.1) is 0 Å². The molecule has 0 radical (unpaired) electrons. The topological polar surface area (TPSA) is 49.4 Å². The highest BCUT2D eigenvalue weighted by molar-refractivity contribution is 6.42. The molecule has 4 nitrogen and oxygen atoms in total. The second-order valence-corrected chi connectivity index (χ2v) is 9.16. The van der Waals surface area contributed by atoms with E-state index >= 15 is 0 Å². The van der Waals surface area contributed by atoms with E-state index in [9.17, 15) is 14.0 Å². The molecule has 32 heavy (non-hydrogen) atoms. The van der Waals surface area contributed by atoms with E-state index in [0.29, 0.717) is 22.0 Å². The van der Waals surface area contributed by atoms with E-state index in [1.165, 1.54) is 18.6 Å². The van der Waals surface area contributed by atoms with Crippen molar-refractivity contribution in [1.82, 2.24) is 10.2 Å². The molecular weight excluding hydrogens is 450 g/mol. The van der Waals surface area contributed by atoms with E-state index in [4.69, 9.17) is 23.2 Å². The smallest absolute Gasteiger partial charge is 0.243 e. The van der Waals surface area contributed by atoms with Crippen molar-refractivity contribution in [3.05, 3.63) is 69.5 Å². The summed E-state index contributed by atoms with van der Waals surface area (Å²) in [5, 5.41) is 3.98. The summed E-state index contributed by atoms with van der Waals surface area (Å²) < 4.78 is 13.3. The Hall–Kier alpha value is -2.11. The van der Waals surface area contributed by atoms with Gasteiger partial charge < -0.3 is 10.2 Å². The van der Waals surface area contributed by atoms with Crippen LogP contribution in [0.3, 0.4) is 0 Å². The normalized spacial score (nSPS) is 15.2. The predicted molar refractivity (Wildman–Crippen MR) is 126 cm³/mol. The minimum absolute atomic E-state index is 0.0782. The van der Waals surface area contributed by atoms with E-state index in [2.05, 4.69) is 5.32 Å². The van der Waals surface area contributed by atoms with Crippen molar-refractivity contribution in [3.63, 3.8) is 0 Å². The van der Waals surface area contributed by atoms with Gasteiger partial charge in [-0.3, -0.25) is 9.59 Å². The zero-order valence-electron chi connectivity index (χ0n) is 18.3. The Morgan fingerprint density at radius 1 is 1.03 bits per heavy atom. The highest BCUT2D eigenvalue weighted by Crippen LogP contribution is 2.25. The van der Waals surface area contributed by atoms with Crippen molar-refractivity contribution in [1.29, 1.82) is 0 Å². The second-order valence-electron chi connectivity index (χ2n) is 8.34. The van der Waals surface area contributed by atoms with Crippen LogP contribution in [-0.2, 0) is 22.6 Å². The lowest BCUT2D eigenvalue weighted by molar-refractivity contribution is -0.141. The third kappa shape index (κ3) is 6.69. The Bertz CT molecular complexity index is 930. The summed E-state index contributed by atoms with van der Waals surface area (Å²) in [6, 6.07) is 10.6. The Balaban J connectivity index is 1.82. The zero-order valence-corrected chi connectivity index (χ0v) is 19.8. The Kier molecular flexibility index (Phi) is 8.94. The van der Waals surface area contributed by atoms with Crippen molar-refractivity contribution >= 4 is 35.0 Å². The molecule has 1 saturated carbocycles. The molecule has 0 aromatic heterocycles. The summed E-state index contributed by atoms with van der Waals surface area (Å²) in [5.74, 6) is -0.688. The standard InChI is InChI=1S/C25H29Cl2FN2O2/c1-2-23(25(32)29-20-6-4-3-5-7-20)30(16-18-10-13-21(26)22(27)14-18)24(31)15-17-8-11-19(28)12-9-17/h8-14,20,23H,2-7,15-16H2,1H3,(H,29,32)/t23-/m1/s1. The molecule has 2 amide bonds. The van der Waals surface area contributed by atoms with Crippen LogP contribution in [0.5, 0.6) is 0 Å². The summed E-state index contributed by atoms with van der Waals surface area (Å²) in [5.41, 5.74) is 1.48. The number of nitrogens with one attached hydrogen (secondary N) is 1. The van der Waals surface area contributed by atoms with Crippen LogP contribution in [-0.4, -0.2) is 28.8 Å². The lowest BCUT2D eigenvalue weighted by atomic mass is 9.95. The van der Waals surface area contributed by atoms with E-state index in [0.717, 1.165) is 31.2 Å². The number of carbonyl (C=O) groups is 2. The van der Waals surface area contributed by atoms with Crippen molar-refractivity contribution in [2.45, 2.75) is 70.5 Å². The van der Waals surface area contributed by atoms with Gasteiger partial charge in [0.05, 0.1) is 16.5 Å². The molecule has 2 aromatic rings. The Morgan fingerprint density at radius 2 is 1.69 bits per heavy atom. The van der Waals surface area contributed by atoms with Gasteiger partial charge in [0.15, 0.2) is 0 Å². The van der Waals surface area contributed by atoms with Gasteiger partial charge in [-0.2, -0.15) is 0 Å².